The number of carbonyl (C=O) groups excluding carboxylic acids is 2. The van der Waals surface area contributed by atoms with Crippen LogP contribution in [0.3, 0.4) is 0 Å². The van der Waals surface area contributed by atoms with Gasteiger partial charge in [-0.1, -0.05) is 174 Å². The Balaban J connectivity index is 0. The van der Waals surface area contributed by atoms with Crippen molar-refractivity contribution in [2.45, 2.75) is 213 Å². The molecule has 0 rings (SSSR count). The lowest BCUT2D eigenvalue weighted by atomic mass is 10.0. The van der Waals surface area contributed by atoms with Gasteiger partial charge < -0.3 is 21.7 Å². The number of rotatable bonds is 35. The molecule has 0 heterocycles. The highest BCUT2D eigenvalue weighted by molar-refractivity contribution is 5.87. The third kappa shape index (κ3) is 35.4. The van der Waals surface area contributed by atoms with Gasteiger partial charge in [-0.25, -0.2) is 0 Å². The minimum absolute atomic E-state index is 0. The summed E-state index contributed by atoms with van der Waals surface area (Å²) in [6.45, 7) is 5.71. The SMILES string of the molecule is CCCCCCCCCCCCCCCCCCCC(=O)NC(CCCNC(=N)N)C(=O)NCCCCCCCCCCCC.Cl. The molecule has 7 nitrogen and oxygen atoms in total. The zero-order valence-corrected chi connectivity index (χ0v) is 31.3. The van der Waals surface area contributed by atoms with Crippen LogP contribution in [-0.2, 0) is 9.59 Å². The molecule has 1 atom stereocenters. The summed E-state index contributed by atoms with van der Waals surface area (Å²) in [5, 5.41) is 16.1. The molecule has 0 aromatic rings. The second-order valence-corrected chi connectivity index (χ2v) is 13.5. The summed E-state index contributed by atoms with van der Waals surface area (Å²) in [6.07, 6.45) is 36.8. The highest BCUT2D eigenvalue weighted by Crippen LogP contribution is 2.15. The number of nitrogens with one attached hydrogen (secondary N) is 4. The second-order valence-electron chi connectivity index (χ2n) is 13.5. The molecule has 6 N–H and O–H groups in total. The van der Waals surface area contributed by atoms with Crippen LogP contribution in [0.5, 0.6) is 0 Å². The Morgan fingerprint density at radius 1 is 0.522 bits per heavy atom. The van der Waals surface area contributed by atoms with Crippen molar-refractivity contribution in [2.24, 2.45) is 5.73 Å². The van der Waals surface area contributed by atoms with Crippen molar-refractivity contribution >= 4 is 30.2 Å². The van der Waals surface area contributed by atoms with Gasteiger partial charge in [0, 0.05) is 19.5 Å². The average Bonchev–Trinajstić information content (AvgIpc) is 3.02. The van der Waals surface area contributed by atoms with Crippen molar-refractivity contribution < 1.29 is 9.59 Å². The third-order valence-electron chi connectivity index (χ3n) is 8.97. The molecule has 8 heteroatoms. The number of hydrogen-bond acceptors (Lipinski definition) is 3. The van der Waals surface area contributed by atoms with Gasteiger partial charge in [-0.2, -0.15) is 0 Å². The van der Waals surface area contributed by atoms with E-state index in [4.69, 9.17) is 11.1 Å². The van der Waals surface area contributed by atoms with Gasteiger partial charge in [0.05, 0.1) is 0 Å². The summed E-state index contributed by atoms with van der Waals surface area (Å²) >= 11 is 0. The first-order valence-electron chi connectivity index (χ1n) is 19.7. The maximum absolute atomic E-state index is 12.9. The number of guanidine groups is 1. The lowest BCUT2D eigenvalue weighted by Crippen LogP contribution is -2.47. The summed E-state index contributed by atoms with van der Waals surface area (Å²) in [5.74, 6) is -0.195. The maximum atomic E-state index is 12.9. The second kappa shape index (κ2) is 38.0. The van der Waals surface area contributed by atoms with Crippen molar-refractivity contribution in [3.05, 3.63) is 0 Å². The van der Waals surface area contributed by atoms with Crippen molar-refractivity contribution in [1.82, 2.24) is 16.0 Å². The van der Waals surface area contributed by atoms with Crippen LogP contribution < -0.4 is 21.7 Å². The predicted octanol–water partition coefficient (Wildman–Crippen LogP) is 10.2. The molecular weight excluding hydrogens is 594 g/mol. The van der Waals surface area contributed by atoms with E-state index in [1.807, 2.05) is 0 Å². The predicted molar refractivity (Wildman–Crippen MR) is 202 cm³/mol. The first kappa shape index (κ1) is 46.6. The van der Waals surface area contributed by atoms with Crippen molar-refractivity contribution in [2.75, 3.05) is 13.1 Å². The van der Waals surface area contributed by atoms with E-state index in [0.717, 1.165) is 25.7 Å². The van der Waals surface area contributed by atoms with E-state index in [1.165, 1.54) is 148 Å². The molecular formula is C38H78ClN5O2. The molecule has 2 amide bonds. The van der Waals surface area contributed by atoms with E-state index in [1.54, 1.807) is 0 Å². The van der Waals surface area contributed by atoms with Crippen LogP contribution in [0.4, 0.5) is 0 Å². The number of amides is 2. The molecule has 0 aromatic carbocycles. The van der Waals surface area contributed by atoms with Crippen LogP contribution in [0.2, 0.25) is 0 Å². The Hall–Kier alpha value is -1.50. The molecule has 0 spiro atoms. The molecule has 1 unspecified atom stereocenters. The maximum Gasteiger partial charge on any atom is 0.242 e. The Bertz CT molecular complexity index is 679. The largest absolute Gasteiger partial charge is 0.370 e. The van der Waals surface area contributed by atoms with E-state index in [0.29, 0.717) is 32.4 Å². The summed E-state index contributed by atoms with van der Waals surface area (Å²) in [4.78, 5) is 25.5. The molecule has 0 fully saturated rings. The Morgan fingerprint density at radius 2 is 0.870 bits per heavy atom. The zero-order valence-electron chi connectivity index (χ0n) is 30.5. The Morgan fingerprint density at radius 3 is 1.26 bits per heavy atom. The van der Waals surface area contributed by atoms with Crippen LogP contribution in [0.1, 0.15) is 206 Å². The minimum atomic E-state index is -0.528. The topological polar surface area (TPSA) is 120 Å². The summed E-state index contributed by atoms with van der Waals surface area (Å²) in [5.41, 5.74) is 5.38. The van der Waals surface area contributed by atoms with Gasteiger partial charge in [0.15, 0.2) is 5.96 Å². The Labute approximate surface area is 291 Å². The number of hydrogen-bond donors (Lipinski definition) is 5. The van der Waals surface area contributed by atoms with Gasteiger partial charge in [-0.15, -0.1) is 12.4 Å². The van der Waals surface area contributed by atoms with Gasteiger partial charge in [0.25, 0.3) is 0 Å². The highest BCUT2D eigenvalue weighted by atomic mass is 35.5. The van der Waals surface area contributed by atoms with Gasteiger partial charge in [-0.3, -0.25) is 15.0 Å². The lowest BCUT2D eigenvalue weighted by molar-refractivity contribution is -0.129. The summed E-state index contributed by atoms with van der Waals surface area (Å²) < 4.78 is 0. The average molecular weight is 673 g/mol. The molecule has 0 saturated carbocycles. The van der Waals surface area contributed by atoms with Gasteiger partial charge in [-0.05, 0) is 25.7 Å². The van der Waals surface area contributed by atoms with Gasteiger partial charge >= 0.3 is 0 Å². The quantitative estimate of drug-likeness (QED) is 0.0261. The fourth-order valence-corrected chi connectivity index (χ4v) is 6.02. The molecule has 0 bridgehead atoms. The molecule has 0 saturated heterocycles. The highest BCUT2D eigenvalue weighted by Gasteiger charge is 2.20. The standard InChI is InChI=1S/C38H77N5O2.ClH/c1-3-5-7-9-11-13-15-16-17-18-19-20-21-22-24-26-28-32-36(44)43-35(31-30-34-42-38(39)40)37(45)41-33-29-27-25-23-14-12-10-8-6-4-2;/h35H,3-34H2,1-2H3,(H,41,45)(H,43,44)(H4,39,40,42);1H. The first-order chi connectivity index (χ1) is 22.0. The molecule has 274 valence electrons. The van der Waals surface area contributed by atoms with E-state index in [9.17, 15) is 9.59 Å². The number of halogens is 1. The summed E-state index contributed by atoms with van der Waals surface area (Å²) in [6, 6.07) is -0.528. The van der Waals surface area contributed by atoms with Crippen molar-refractivity contribution in [3.8, 4) is 0 Å². The van der Waals surface area contributed by atoms with Crippen LogP contribution in [-0.4, -0.2) is 36.9 Å². The zero-order chi connectivity index (χ0) is 33.1. The molecule has 0 radical (unpaired) electrons. The lowest BCUT2D eigenvalue weighted by Gasteiger charge is -2.19. The number of nitrogens with two attached hydrogens (primary N) is 1. The smallest absolute Gasteiger partial charge is 0.242 e. The number of carbonyl (C=O) groups is 2. The van der Waals surface area contributed by atoms with Crippen LogP contribution in [0.25, 0.3) is 0 Å². The van der Waals surface area contributed by atoms with Gasteiger partial charge in [0.1, 0.15) is 6.04 Å². The minimum Gasteiger partial charge on any atom is -0.370 e. The summed E-state index contributed by atoms with van der Waals surface area (Å²) in [7, 11) is 0. The molecule has 0 aliphatic carbocycles. The fraction of sp³-hybridized carbons (Fsp3) is 0.921. The third-order valence-corrected chi connectivity index (χ3v) is 8.97. The Kier molecular flexibility index (Phi) is 38.5. The molecule has 0 aromatic heterocycles. The van der Waals surface area contributed by atoms with Gasteiger partial charge in [0.2, 0.25) is 11.8 Å². The van der Waals surface area contributed by atoms with E-state index in [2.05, 4.69) is 29.8 Å². The van der Waals surface area contributed by atoms with Crippen molar-refractivity contribution in [1.29, 1.82) is 5.41 Å². The normalized spacial score (nSPS) is 11.5. The monoisotopic (exact) mass is 672 g/mol. The molecule has 46 heavy (non-hydrogen) atoms. The molecule has 0 aliphatic heterocycles. The van der Waals surface area contributed by atoms with E-state index < -0.39 is 6.04 Å². The fourth-order valence-electron chi connectivity index (χ4n) is 6.02. The van der Waals surface area contributed by atoms with Crippen LogP contribution in [0, 0.1) is 5.41 Å². The van der Waals surface area contributed by atoms with Crippen LogP contribution >= 0.6 is 12.4 Å². The van der Waals surface area contributed by atoms with E-state index >= 15 is 0 Å². The molecule has 0 aliphatic rings. The number of unbranched alkanes of at least 4 members (excludes halogenated alkanes) is 25. The van der Waals surface area contributed by atoms with E-state index in [-0.39, 0.29) is 30.2 Å². The van der Waals surface area contributed by atoms with Crippen molar-refractivity contribution in [3.63, 3.8) is 0 Å². The first-order valence-corrected chi connectivity index (χ1v) is 19.7. The van der Waals surface area contributed by atoms with Crippen LogP contribution in [0.15, 0.2) is 0 Å².